The van der Waals surface area contributed by atoms with Gasteiger partial charge in [0.05, 0.1) is 41.7 Å². The van der Waals surface area contributed by atoms with Crippen LogP contribution in [0.5, 0.6) is 5.75 Å². The average molecular weight is 518 g/mol. The van der Waals surface area contributed by atoms with E-state index in [1.54, 1.807) is 67.6 Å². The Hall–Kier alpha value is -3.98. The number of carbonyl (C=O) groups excluding carboxylic acids is 1. The van der Waals surface area contributed by atoms with Crippen molar-refractivity contribution in [2.45, 2.75) is 18.7 Å². The Balaban J connectivity index is 1.63. The number of aromatic nitrogens is 3. The lowest BCUT2D eigenvalue weighted by molar-refractivity contribution is -0.119. The fourth-order valence-electron chi connectivity index (χ4n) is 4.30. The van der Waals surface area contributed by atoms with Crippen molar-refractivity contribution in [3.8, 4) is 17.0 Å². The number of amides is 1. The number of hydrogen-bond acceptors (Lipinski definition) is 6. The number of methoxy groups -OCH3 is 1. The standard InChI is InChI=1S/C26H18B3ClN4O4/c1-14-31-21-9-6-17(11-22(21)38-14)34(26(27,28)29)23(35)13-33-25(36)20-12-18(37-2)7-8-19(20)24(32-33)15-4-3-5-16(30)10-15/h3-12H,13H2,1-2H3. The maximum Gasteiger partial charge on any atom is 0.275 e. The summed E-state index contributed by atoms with van der Waals surface area (Å²) >= 11 is 6.22. The third-order valence-electron chi connectivity index (χ3n) is 5.92. The smallest absolute Gasteiger partial charge is 0.275 e. The van der Waals surface area contributed by atoms with Gasteiger partial charge in [-0.2, -0.15) is 5.10 Å². The number of aryl methyl sites for hydroxylation is 1. The highest BCUT2D eigenvalue weighted by Crippen LogP contribution is 2.30. The molecule has 38 heavy (non-hydrogen) atoms. The molecule has 5 aromatic rings. The number of oxazole rings is 1. The van der Waals surface area contributed by atoms with E-state index in [1.807, 2.05) is 0 Å². The van der Waals surface area contributed by atoms with Crippen molar-refractivity contribution in [3.63, 3.8) is 0 Å². The van der Waals surface area contributed by atoms with E-state index < -0.39 is 23.2 Å². The molecular formula is C26H18B3ClN4O4. The van der Waals surface area contributed by atoms with Crippen molar-refractivity contribution < 1.29 is 13.9 Å². The van der Waals surface area contributed by atoms with Crippen molar-refractivity contribution in [1.29, 1.82) is 0 Å². The van der Waals surface area contributed by atoms with E-state index in [-0.39, 0.29) is 5.69 Å². The van der Waals surface area contributed by atoms with Gasteiger partial charge in [-0.1, -0.05) is 29.0 Å². The summed E-state index contributed by atoms with van der Waals surface area (Å²) in [4.78, 5) is 32.3. The lowest BCUT2D eigenvalue weighted by atomic mass is 9.48. The summed E-state index contributed by atoms with van der Waals surface area (Å²) in [6.07, 6.45) is 0. The molecule has 0 spiro atoms. The minimum absolute atomic E-state index is 0.261. The number of anilines is 1. The molecule has 8 nitrogen and oxygen atoms in total. The summed E-state index contributed by atoms with van der Waals surface area (Å²) in [5.41, 5.74) is 1.85. The maximum absolute atomic E-state index is 13.6. The Kier molecular flexibility index (Phi) is 6.57. The Morgan fingerprint density at radius 2 is 1.89 bits per heavy atom. The molecule has 0 saturated carbocycles. The highest BCUT2D eigenvalue weighted by atomic mass is 35.5. The largest absolute Gasteiger partial charge is 0.497 e. The summed E-state index contributed by atoms with van der Waals surface area (Å²) < 4.78 is 11.9. The van der Waals surface area contributed by atoms with Crippen LogP contribution in [0.25, 0.3) is 33.1 Å². The molecule has 5 rings (SSSR count). The number of nitrogens with zero attached hydrogens (tertiary/aromatic N) is 4. The molecule has 0 aliphatic carbocycles. The van der Waals surface area contributed by atoms with Crippen molar-refractivity contribution in [2.24, 2.45) is 0 Å². The van der Waals surface area contributed by atoms with Crippen molar-refractivity contribution in [1.82, 2.24) is 14.8 Å². The number of rotatable bonds is 6. The monoisotopic (exact) mass is 518 g/mol. The minimum atomic E-state index is -2.10. The van der Waals surface area contributed by atoms with Crippen LogP contribution in [0.2, 0.25) is 5.02 Å². The molecule has 0 fully saturated rings. The molecule has 0 bridgehead atoms. The summed E-state index contributed by atoms with van der Waals surface area (Å²) in [7, 11) is 19.5. The molecule has 12 heteroatoms. The van der Waals surface area contributed by atoms with E-state index in [4.69, 9.17) is 44.3 Å². The van der Waals surface area contributed by atoms with Crippen LogP contribution in [0.3, 0.4) is 0 Å². The number of hydrogen-bond donors (Lipinski definition) is 0. The quantitative estimate of drug-likeness (QED) is 0.321. The van der Waals surface area contributed by atoms with Gasteiger partial charge in [0.25, 0.3) is 5.56 Å². The Morgan fingerprint density at radius 1 is 1.11 bits per heavy atom. The predicted molar refractivity (Wildman–Crippen MR) is 149 cm³/mol. The lowest BCUT2D eigenvalue weighted by Crippen LogP contribution is -2.55. The first-order chi connectivity index (χ1) is 18.0. The first-order valence-electron chi connectivity index (χ1n) is 11.5. The van der Waals surface area contributed by atoms with Crippen molar-refractivity contribution in [2.75, 3.05) is 12.0 Å². The molecule has 3 aromatic carbocycles. The highest BCUT2D eigenvalue weighted by molar-refractivity contribution is 6.62. The average Bonchev–Trinajstić information content (AvgIpc) is 3.24. The zero-order valence-corrected chi connectivity index (χ0v) is 21.3. The maximum atomic E-state index is 13.6. The molecule has 0 aliphatic heterocycles. The van der Waals surface area contributed by atoms with Gasteiger partial charge < -0.3 is 14.1 Å². The van der Waals surface area contributed by atoms with Crippen LogP contribution in [0.1, 0.15) is 5.89 Å². The van der Waals surface area contributed by atoms with Gasteiger partial charge in [0.15, 0.2) is 11.5 Å². The van der Waals surface area contributed by atoms with E-state index in [9.17, 15) is 9.59 Å². The van der Waals surface area contributed by atoms with Crippen molar-refractivity contribution >= 4 is 68.6 Å². The van der Waals surface area contributed by atoms with Gasteiger partial charge in [-0.15, -0.1) is 0 Å². The molecule has 2 heterocycles. The van der Waals surface area contributed by atoms with E-state index in [1.165, 1.54) is 7.11 Å². The van der Waals surface area contributed by atoms with Crippen molar-refractivity contribution in [3.05, 3.63) is 81.9 Å². The van der Waals surface area contributed by atoms with E-state index in [0.29, 0.717) is 49.8 Å². The Labute approximate surface area is 226 Å². The van der Waals surface area contributed by atoms with Gasteiger partial charge >= 0.3 is 0 Å². The van der Waals surface area contributed by atoms with Crippen LogP contribution >= 0.6 is 11.6 Å². The first kappa shape index (κ1) is 25.7. The second-order valence-electron chi connectivity index (χ2n) is 8.73. The van der Waals surface area contributed by atoms with Crippen LogP contribution < -0.4 is 15.2 Å². The third kappa shape index (κ3) is 4.81. The van der Waals surface area contributed by atoms with Crippen LogP contribution in [0.4, 0.5) is 5.69 Å². The van der Waals surface area contributed by atoms with Gasteiger partial charge in [-0.25, -0.2) is 9.67 Å². The zero-order chi connectivity index (χ0) is 27.2. The highest BCUT2D eigenvalue weighted by Gasteiger charge is 2.28. The normalized spacial score (nSPS) is 11.7. The van der Waals surface area contributed by atoms with E-state index >= 15 is 0 Å². The van der Waals surface area contributed by atoms with Crippen LogP contribution in [0, 0.1) is 6.92 Å². The Bertz CT molecular complexity index is 1760. The van der Waals surface area contributed by atoms with Gasteiger partial charge in [-0.05, 0) is 42.5 Å². The molecule has 0 aliphatic rings. The second kappa shape index (κ2) is 9.72. The molecule has 182 valence electrons. The fourth-order valence-corrected chi connectivity index (χ4v) is 4.49. The van der Waals surface area contributed by atoms with Gasteiger partial charge in [0.2, 0.25) is 5.91 Å². The number of halogens is 1. The molecule has 2 aromatic heterocycles. The third-order valence-corrected chi connectivity index (χ3v) is 6.16. The van der Waals surface area contributed by atoms with Crippen LogP contribution in [-0.2, 0) is 11.3 Å². The SMILES string of the molecule is [B]C([B])([B])N(C(=O)Cn1nc(-c2cccc(Cl)c2)c2ccc(OC)cc2c1=O)c1ccc2nc(C)oc2c1. The zero-order valence-electron chi connectivity index (χ0n) is 20.5. The topological polar surface area (TPSA) is 90.5 Å². The lowest BCUT2D eigenvalue weighted by Gasteiger charge is -2.37. The summed E-state index contributed by atoms with van der Waals surface area (Å²) in [6, 6.07) is 16.8. The molecule has 6 radical (unpaired) electrons. The number of benzene rings is 3. The summed E-state index contributed by atoms with van der Waals surface area (Å²) in [5, 5.41) is 3.78. The number of carbonyl (C=O) groups is 1. The molecule has 0 unspecified atom stereocenters. The van der Waals surface area contributed by atoms with Gasteiger partial charge in [0.1, 0.15) is 17.8 Å². The molecule has 0 saturated heterocycles. The van der Waals surface area contributed by atoms with E-state index in [0.717, 1.165) is 9.58 Å². The van der Waals surface area contributed by atoms with Crippen LogP contribution in [0.15, 0.2) is 69.9 Å². The summed E-state index contributed by atoms with van der Waals surface area (Å²) in [5.74, 6) is 0.241. The Morgan fingerprint density at radius 3 is 2.61 bits per heavy atom. The molecule has 1 amide bonds. The molecule has 0 atom stereocenters. The first-order valence-corrected chi connectivity index (χ1v) is 11.8. The minimum Gasteiger partial charge on any atom is -0.497 e. The van der Waals surface area contributed by atoms with E-state index in [2.05, 4.69) is 10.1 Å². The van der Waals surface area contributed by atoms with Gasteiger partial charge in [-0.3, -0.25) is 9.59 Å². The fraction of sp³-hybridized carbons (Fsp3) is 0.154. The van der Waals surface area contributed by atoms with Crippen LogP contribution in [-0.4, -0.2) is 56.6 Å². The van der Waals surface area contributed by atoms with Gasteiger partial charge in [0, 0.05) is 34.6 Å². The summed E-state index contributed by atoms with van der Waals surface area (Å²) in [6.45, 7) is 1.19. The predicted octanol–water partition coefficient (Wildman–Crippen LogP) is 3.33. The molecule has 0 N–H and O–H groups in total. The number of ether oxygens (including phenoxy) is 1. The second-order valence-corrected chi connectivity index (χ2v) is 9.17. The number of fused-ring (bicyclic) bond motifs is 2. The molecular weight excluding hydrogens is 500 g/mol.